The van der Waals surface area contributed by atoms with Gasteiger partial charge in [0.1, 0.15) is 11.3 Å². The van der Waals surface area contributed by atoms with Gasteiger partial charge in [-0.25, -0.2) is 0 Å². The summed E-state index contributed by atoms with van der Waals surface area (Å²) in [6, 6.07) is 5.28. The van der Waals surface area contributed by atoms with Crippen molar-refractivity contribution in [2.45, 2.75) is 71.9 Å². The molecule has 0 saturated heterocycles. The Morgan fingerprint density at radius 2 is 1.95 bits per heavy atom. The first-order valence-corrected chi connectivity index (χ1v) is 8.19. The molecule has 1 heterocycles. The molecule has 3 rings (SSSR count). The summed E-state index contributed by atoms with van der Waals surface area (Å²) in [4.78, 5) is 0. The van der Waals surface area contributed by atoms with E-state index < -0.39 is 0 Å². The highest BCUT2D eigenvalue weighted by atomic mass is 16.3. The molecule has 0 unspecified atom stereocenters. The number of fused-ring (bicyclic) bond motifs is 1. The Morgan fingerprint density at radius 1 is 1.24 bits per heavy atom. The normalized spacial score (nSPS) is 15.9. The molecular formula is C19H27NO. The minimum Gasteiger partial charge on any atom is -0.459 e. The van der Waals surface area contributed by atoms with Crippen molar-refractivity contribution in [1.82, 2.24) is 5.32 Å². The molecule has 114 valence electrons. The molecule has 1 aliphatic rings. The number of hydrogen-bond acceptors (Lipinski definition) is 2. The van der Waals surface area contributed by atoms with Crippen molar-refractivity contribution in [1.29, 1.82) is 0 Å². The van der Waals surface area contributed by atoms with E-state index in [1.165, 1.54) is 34.9 Å². The molecular weight excluding hydrogens is 258 g/mol. The van der Waals surface area contributed by atoms with Crippen LogP contribution in [0.4, 0.5) is 0 Å². The Balaban J connectivity index is 2.12. The third-order valence-electron chi connectivity index (χ3n) is 4.41. The van der Waals surface area contributed by atoms with Gasteiger partial charge in [-0.15, -0.1) is 0 Å². The number of aryl methyl sites for hydroxylation is 2. The molecule has 1 fully saturated rings. The zero-order valence-electron chi connectivity index (χ0n) is 14.0. The highest BCUT2D eigenvalue weighted by Gasteiger charge is 2.25. The predicted molar refractivity (Wildman–Crippen MR) is 88.9 cm³/mol. The van der Waals surface area contributed by atoms with Crippen molar-refractivity contribution in [3.8, 4) is 0 Å². The predicted octanol–water partition coefficient (Wildman–Crippen LogP) is 4.85. The number of furan rings is 1. The van der Waals surface area contributed by atoms with Crippen LogP contribution >= 0.6 is 0 Å². The molecule has 1 N–H and O–H groups in total. The summed E-state index contributed by atoms with van der Waals surface area (Å²) in [5, 5.41) is 4.90. The Hall–Kier alpha value is -1.28. The molecule has 0 aliphatic heterocycles. The van der Waals surface area contributed by atoms with E-state index in [0.29, 0.717) is 6.04 Å². The van der Waals surface area contributed by atoms with Crippen LogP contribution in [0.15, 0.2) is 16.5 Å². The van der Waals surface area contributed by atoms with Crippen molar-refractivity contribution in [3.05, 3.63) is 34.6 Å². The molecule has 1 aromatic heterocycles. The monoisotopic (exact) mass is 285 g/mol. The lowest BCUT2D eigenvalue weighted by Gasteiger charge is -2.19. The summed E-state index contributed by atoms with van der Waals surface area (Å²) in [5.74, 6) is 1.13. The van der Waals surface area contributed by atoms with Gasteiger partial charge in [0.05, 0.1) is 6.54 Å². The van der Waals surface area contributed by atoms with Crippen molar-refractivity contribution in [2.24, 2.45) is 0 Å². The third kappa shape index (κ3) is 2.87. The zero-order valence-corrected chi connectivity index (χ0v) is 14.0. The fourth-order valence-corrected chi connectivity index (χ4v) is 3.05. The second kappa shape index (κ2) is 5.17. The van der Waals surface area contributed by atoms with Gasteiger partial charge in [0, 0.05) is 22.6 Å². The average Bonchev–Trinajstić information content (AvgIpc) is 3.15. The molecule has 1 saturated carbocycles. The minimum atomic E-state index is 0.105. The number of hydrogen-bond donors (Lipinski definition) is 1. The van der Waals surface area contributed by atoms with E-state index >= 15 is 0 Å². The van der Waals surface area contributed by atoms with Crippen LogP contribution in [0.25, 0.3) is 11.0 Å². The fourth-order valence-electron chi connectivity index (χ4n) is 3.05. The van der Waals surface area contributed by atoms with Crippen LogP contribution in [0, 0.1) is 6.92 Å². The topological polar surface area (TPSA) is 25.2 Å². The Bertz CT molecular complexity index is 656. The van der Waals surface area contributed by atoms with E-state index in [1.54, 1.807) is 0 Å². The molecule has 21 heavy (non-hydrogen) atoms. The first-order chi connectivity index (χ1) is 9.90. The molecule has 0 radical (unpaired) electrons. The lowest BCUT2D eigenvalue weighted by atomic mass is 9.84. The van der Waals surface area contributed by atoms with E-state index in [1.807, 2.05) is 0 Å². The maximum atomic E-state index is 6.32. The Labute approximate surface area is 127 Å². The van der Waals surface area contributed by atoms with Crippen molar-refractivity contribution < 1.29 is 4.42 Å². The van der Waals surface area contributed by atoms with Crippen molar-refractivity contribution in [2.75, 3.05) is 0 Å². The lowest BCUT2D eigenvalue weighted by Crippen LogP contribution is -2.15. The van der Waals surface area contributed by atoms with Crippen molar-refractivity contribution in [3.63, 3.8) is 0 Å². The number of benzene rings is 1. The van der Waals surface area contributed by atoms with Crippen LogP contribution in [0.1, 0.15) is 63.0 Å². The van der Waals surface area contributed by atoms with Crippen molar-refractivity contribution >= 4 is 11.0 Å². The van der Waals surface area contributed by atoms with Crippen LogP contribution in [-0.2, 0) is 18.4 Å². The minimum absolute atomic E-state index is 0.105. The van der Waals surface area contributed by atoms with Crippen LogP contribution in [0.3, 0.4) is 0 Å². The first kappa shape index (κ1) is 14.6. The van der Waals surface area contributed by atoms with Gasteiger partial charge in [0.25, 0.3) is 0 Å². The Kier molecular flexibility index (Phi) is 3.61. The maximum Gasteiger partial charge on any atom is 0.138 e. The standard InChI is InChI=1S/C19H27NO/c1-6-14-15-9-12(2)10-16(19(3,4)5)18(15)21-17(14)11-20-13-7-8-13/h9-10,13,20H,6-8,11H2,1-5H3. The third-order valence-corrected chi connectivity index (χ3v) is 4.41. The maximum absolute atomic E-state index is 6.32. The van der Waals surface area contributed by atoms with Gasteiger partial charge in [0.2, 0.25) is 0 Å². The van der Waals surface area contributed by atoms with Crippen LogP contribution in [0.5, 0.6) is 0 Å². The smallest absolute Gasteiger partial charge is 0.138 e. The summed E-state index contributed by atoms with van der Waals surface area (Å²) in [7, 11) is 0. The number of nitrogens with one attached hydrogen (secondary N) is 1. The number of rotatable bonds is 4. The fraction of sp³-hybridized carbons (Fsp3) is 0.579. The quantitative estimate of drug-likeness (QED) is 0.868. The lowest BCUT2D eigenvalue weighted by molar-refractivity contribution is 0.495. The van der Waals surface area contributed by atoms with Gasteiger partial charge in [-0.05, 0) is 43.2 Å². The summed E-state index contributed by atoms with van der Waals surface area (Å²) >= 11 is 0. The Morgan fingerprint density at radius 3 is 2.52 bits per heavy atom. The molecule has 2 aromatic rings. The van der Waals surface area contributed by atoms with E-state index in [-0.39, 0.29) is 5.41 Å². The van der Waals surface area contributed by atoms with E-state index in [9.17, 15) is 0 Å². The van der Waals surface area contributed by atoms with Gasteiger partial charge in [-0.3, -0.25) is 0 Å². The summed E-state index contributed by atoms with van der Waals surface area (Å²) in [5.41, 5.74) is 5.23. The molecule has 2 heteroatoms. The summed E-state index contributed by atoms with van der Waals surface area (Å²) in [6.45, 7) is 12.1. The van der Waals surface area contributed by atoms with Gasteiger partial charge in [-0.2, -0.15) is 0 Å². The van der Waals surface area contributed by atoms with Gasteiger partial charge in [0.15, 0.2) is 0 Å². The SMILES string of the molecule is CCc1c(CNC2CC2)oc2c(C(C)(C)C)cc(C)cc12. The van der Waals surface area contributed by atoms with Crippen LogP contribution in [-0.4, -0.2) is 6.04 Å². The van der Waals surface area contributed by atoms with Gasteiger partial charge >= 0.3 is 0 Å². The van der Waals surface area contributed by atoms with Gasteiger partial charge in [-0.1, -0.05) is 33.8 Å². The zero-order chi connectivity index (χ0) is 15.2. The van der Waals surface area contributed by atoms with Crippen LogP contribution < -0.4 is 5.32 Å². The molecule has 0 amide bonds. The first-order valence-electron chi connectivity index (χ1n) is 8.19. The summed E-state index contributed by atoms with van der Waals surface area (Å²) in [6.07, 6.45) is 3.66. The second-order valence-corrected chi connectivity index (χ2v) is 7.45. The molecule has 2 nitrogen and oxygen atoms in total. The largest absolute Gasteiger partial charge is 0.459 e. The highest BCUT2D eigenvalue weighted by Crippen LogP contribution is 2.36. The molecule has 0 bridgehead atoms. The molecule has 0 spiro atoms. The summed E-state index contributed by atoms with van der Waals surface area (Å²) < 4.78 is 6.32. The highest BCUT2D eigenvalue weighted by molar-refractivity contribution is 5.86. The molecule has 0 atom stereocenters. The second-order valence-electron chi connectivity index (χ2n) is 7.45. The molecule has 1 aliphatic carbocycles. The van der Waals surface area contributed by atoms with E-state index in [4.69, 9.17) is 4.42 Å². The van der Waals surface area contributed by atoms with Crippen LogP contribution in [0.2, 0.25) is 0 Å². The van der Waals surface area contributed by atoms with Gasteiger partial charge < -0.3 is 9.73 Å². The van der Waals surface area contributed by atoms with E-state index in [2.05, 4.69) is 52.1 Å². The molecule has 1 aromatic carbocycles. The van der Waals surface area contributed by atoms with E-state index in [0.717, 1.165) is 24.3 Å². The average molecular weight is 285 g/mol.